The molecule has 0 heterocycles. The van der Waals surface area contributed by atoms with Crippen LogP contribution in [-0.4, -0.2) is 12.2 Å². The molecule has 5 heteroatoms. The summed E-state index contributed by atoms with van der Waals surface area (Å²) in [5.41, 5.74) is 0.510. The number of ether oxygens (including phenoxy) is 2. The highest BCUT2D eigenvalue weighted by molar-refractivity contribution is 6.32. The van der Waals surface area contributed by atoms with Crippen LogP contribution in [0.1, 0.15) is 18.6 Å². The Morgan fingerprint density at radius 1 is 1.15 bits per heavy atom. The van der Waals surface area contributed by atoms with Crippen molar-refractivity contribution >= 4 is 11.6 Å². The monoisotopic (exact) mass is 296 g/mol. The first-order chi connectivity index (χ1) is 9.52. The van der Waals surface area contributed by atoms with Crippen LogP contribution in [0.5, 0.6) is 17.2 Å². The lowest BCUT2D eigenvalue weighted by atomic mass is 10.1. The molecule has 1 N–H and O–H groups in total. The predicted molar refractivity (Wildman–Crippen MR) is 75.1 cm³/mol. The molecule has 0 aliphatic carbocycles. The minimum Gasteiger partial charge on any atom is -0.496 e. The van der Waals surface area contributed by atoms with Gasteiger partial charge in [-0.25, -0.2) is 4.39 Å². The van der Waals surface area contributed by atoms with Gasteiger partial charge in [-0.3, -0.25) is 0 Å². The summed E-state index contributed by atoms with van der Waals surface area (Å²) in [7, 11) is 1.51. The molecule has 1 unspecified atom stereocenters. The second-order valence-electron chi connectivity index (χ2n) is 4.22. The van der Waals surface area contributed by atoms with Crippen LogP contribution in [0, 0.1) is 5.82 Å². The van der Waals surface area contributed by atoms with E-state index in [0.29, 0.717) is 22.8 Å². The van der Waals surface area contributed by atoms with E-state index in [0.717, 1.165) is 0 Å². The number of benzene rings is 2. The summed E-state index contributed by atoms with van der Waals surface area (Å²) in [5, 5.41) is 10.0. The smallest absolute Gasteiger partial charge is 0.146 e. The third-order valence-electron chi connectivity index (χ3n) is 2.78. The number of aliphatic hydroxyl groups excluding tert-OH is 1. The van der Waals surface area contributed by atoms with E-state index in [1.54, 1.807) is 25.1 Å². The molecule has 0 aliphatic rings. The predicted octanol–water partition coefficient (Wildman–Crippen LogP) is 4.33. The number of aliphatic hydroxyl groups is 1. The molecule has 0 amide bonds. The van der Waals surface area contributed by atoms with Crippen LogP contribution in [0.15, 0.2) is 36.4 Å². The zero-order chi connectivity index (χ0) is 14.7. The summed E-state index contributed by atoms with van der Waals surface area (Å²) in [5.74, 6) is 0.788. The molecule has 3 nitrogen and oxygen atoms in total. The third-order valence-corrected chi connectivity index (χ3v) is 3.07. The van der Waals surface area contributed by atoms with E-state index in [-0.39, 0.29) is 5.02 Å². The van der Waals surface area contributed by atoms with E-state index < -0.39 is 11.9 Å². The number of methoxy groups -OCH3 is 1. The van der Waals surface area contributed by atoms with Gasteiger partial charge in [-0.15, -0.1) is 0 Å². The van der Waals surface area contributed by atoms with Crippen molar-refractivity contribution < 1.29 is 19.0 Å². The third kappa shape index (κ3) is 3.03. The van der Waals surface area contributed by atoms with Crippen LogP contribution in [0.4, 0.5) is 4.39 Å². The van der Waals surface area contributed by atoms with Crippen LogP contribution in [0.3, 0.4) is 0 Å². The van der Waals surface area contributed by atoms with Gasteiger partial charge in [0.1, 0.15) is 23.1 Å². The van der Waals surface area contributed by atoms with E-state index in [1.807, 2.05) is 0 Å². The van der Waals surface area contributed by atoms with Crippen LogP contribution in [0.2, 0.25) is 5.02 Å². The second-order valence-corrected chi connectivity index (χ2v) is 4.63. The molecule has 0 radical (unpaired) electrons. The Labute approximate surface area is 121 Å². The number of rotatable bonds is 4. The lowest BCUT2D eigenvalue weighted by Crippen LogP contribution is -2.00. The van der Waals surface area contributed by atoms with Gasteiger partial charge in [0.05, 0.1) is 23.8 Å². The summed E-state index contributed by atoms with van der Waals surface area (Å²) in [4.78, 5) is 0. The van der Waals surface area contributed by atoms with Gasteiger partial charge >= 0.3 is 0 Å². The van der Waals surface area contributed by atoms with E-state index in [9.17, 15) is 9.50 Å². The number of hydrogen-bond acceptors (Lipinski definition) is 3. The Hall–Kier alpha value is -1.78. The molecule has 0 aromatic heterocycles. The Morgan fingerprint density at radius 3 is 2.45 bits per heavy atom. The summed E-state index contributed by atoms with van der Waals surface area (Å²) < 4.78 is 23.9. The molecule has 2 aromatic rings. The molecule has 0 saturated heterocycles. The maximum atomic E-state index is 13.0. The normalized spacial score (nSPS) is 12.1. The van der Waals surface area contributed by atoms with Gasteiger partial charge in [-0.05, 0) is 37.3 Å². The Morgan fingerprint density at radius 2 is 1.85 bits per heavy atom. The van der Waals surface area contributed by atoms with Gasteiger partial charge in [0.25, 0.3) is 0 Å². The van der Waals surface area contributed by atoms with Gasteiger partial charge < -0.3 is 14.6 Å². The fourth-order valence-electron chi connectivity index (χ4n) is 1.88. The first-order valence-electron chi connectivity index (χ1n) is 6.00. The van der Waals surface area contributed by atoms with Crippen molar-refractivity contribution in [3.05, 3.63) is 52.8 Å². The highest BCUT2D eigenvalue weighted by Crippen LogP contribution is 2.38. The van der Waals surface area contributed by atoms with Gasteiger partial charge in [0.2, 0.25) is 0 Å². The maximum absolute atomic E-state index is 13.0. The van der Waals surface area contributed by atoms with Gasteiger partial charge in [-0.2, -0.15) is 0 Å². The minimum atomic E-state index is -0.777. The molecule has 106 valence electrons. The van der Waals surface area contributed by atoms with Crippen LogP contribution >= 0.6 is 11.6 Å². The summed E-state index contributed by atoms with van der Waals surface area (Å²) in [6, 6.07) is 8.99. The molecule has 0 spiro atoms. The molecule has 2 aromatic carbocycles. The molecule has 20 heavy (non-hydrogen) atoms. The second kappa shape index (κ2) is 6.11. The zero-order valence-electron chi connectivity index (χ0n) is 11.1. The number of hydrogen-bond donors (Lipinski definition) is 1. The average molecular weight is 297 g/mol. The lowest BCUT2D eigenvalue weighted by molar-refractivity contribution is 0.190. The summed E-state index contributed by atoms with van der Waals surface area (Å²) in [6.07, 6.45) is -0.777. The standard InChI is InChI=1S/C15H14ClFO3/c1-9(18)15-13(19-2)4-3-5-14(15)20-12-7-6-10(17)8-11(12)16/h3-9,18H,1-2H3. The van der Waals surface area contributed by atoms with E-state index >= 15 is 0 Å². The van der Waals surface area contributed by atoms with E-state index in [4.69, 9.17) is 21.1 Å². The molecular formula is C15H14ClFO3. The van der Waals surface area contributed by atoms with Crippen molar-refractivity contribution in [3.63, 3.8) is 0 Å². The fraction of sp³-hybridized carbons (Fsp3) is 0.200. The molecule has 1 atom stereocenters. The van der Waals surface area contributed by atoms with Crippen molar-refractivity contribution in [2.75, 3.05) is 7.11 Å². The van der Waals surface area contributed by atoms with Gasteiger partial charge in [0.15, 0.2) is 0 Å². The van der Waals surface area contributed by atoms with Gasteiger partial charge in [-0.1, -0.05) is 17.7 Å². The van der Waals surface area contributed by atoms with Gasteiger partial charge in [0, 0.05) is 0 Å². The topological polar surface area (TPSA) is 38.7 Å². The van der Waals surface area contributed by atoms with Crippen molar-refractivity contribution in [3.8, 4) is 17.2 Å². The fourth-order valence-corrected chi connectivity index (χ4v) is 2.08. The van der Waals surface area contributed by atoms with Crippen LogP contribution < -0.4 is 9.47 Å². The Kier molecular flexibility index (Phi) is 4.47. The molecular weight excluding hydrogens is 283 g/mol. The number of halogens is 2. The van der Waals surface area contributed by atoms with Crippen molar-refractivity contribution in [2.24, 2.45) is 0 Å². The first-order valence-corrected chi connectivity index (χ1v) is 6.38. The highest BCUT2D eigenvalue weighted by atomic mass is 35.5. The zero-order valence-corrected chi connectivity index (χ0v) is 11.8. The van der Waals surface area contributed by atoms with Crippen LogP contribution in [-0.2, 0) is 0 Å². The molecule has 2 rings (SSSR count). The quantitative estimate of drug-likeness (QED) is 0.912. The Balaban J connectivity index is 2.43. The molecule has 0 bridgehead atoms. The van der Waals surface area contributed by atoms with Crippen LogP contribution in [0.25, 0.3) is 0 Å². The molecule has 0 aliphatic heterocycles. The average Bonchev–Trinajstić information content (AvgIpc) is 2.41. The SMILES string of the molecule is COc1cccc(Oc2ccc(F)cc2Cl)c1C(C)O. The van der Waals surface area contributed by atoms with Crippen molar-refractivity contribution in [2.45, 2.75) is 13.0 Å². The van der Waals surface area contributed by atoms with Crippen molar-refractivity contribution in [1.29, 1.82) is 0 Å². The summed E-state index contributed by atoms with van der Waals surface area (Å²) >= 11 is 5.93. The highest BCUT2D eigenvalue weighted by Gasteiger charge is 2.16. The first kappa shape index (κ1) is 14.6. The lowest BCUT2D eigenvalue weighted by Gasteiger charge is -2.17. The van der Waals surface area contributed by atoms with Crippen molar-refractivity contribution in [1.82, 2.24) is 0 Å². The van der Waals surface area contributed by atoms with E-state index in [1.165, 1.54) is 25.3 Å². The molecule has 0 fully saturated rings. The maximum Gasteiger partial charge on any atom is 0.146 e. The van der Waals surface area contributed by atoms with E-state index in [2.05, 4.69) is 0 Å². The molecule has 0 saturated carbocycles. The summed E-state index contributed by atoms with van der Waals surface area (Å²) in [6.45, 7) is 1.61. The minimum absolute atomic E-state index is 0.157. The largest absolute Gasteiger partial charge is 0.496 e. The Bertz CT molecular complexity index is 614.